The first-order chi connectivity index (χ1) is 46.7. The zero-order valence-electron chi connectivity index (χ0n) is 53.7. The Labute approximate surface area is 585 Å². The maximum absolute atomic E-state index is 16.0. The van der Waals surface area contributed by atoms with Gasteiger partial charge in [-0.2, -0.15) is 0 Å². The lowest BCUT2D eigenvalue weighted by molar-refractivity contribution is -0.318. The third-order valence-electron chi connectivity index (χ3n) is 17.4. The number of carbonyl (C=O) groups is 8. The minimum atomic E-state index is -2.31. The van der Waals surface area contributed by atoms with Crippen LogP contribution in [0.4, 0.5) is 0 Å². The summed E-state index contributed by atoms with van der Waals surface area (Å²) < 4.78 is 38.1. The van der Waals surface area contributed by atoms with Gasteiger partial charge in [0, 0.05) is 34.7 Å². The van der Waals surface area contributed by atoms with E-state index < -0.39 is 225 Å². The zero-order chi connectivity index (χ0) is 72.0. The van der Waals surface area contributed by atoms with Gasteiger partial charge in [0.25, 0.3) is 0 Å². The molecular weight excluding hydrogens is 1380 g/mol. The molecule has 12 rings (SSSR count). The molecule has 35 heteroatoms. The number of ether oxygens (including phenoxy) is 6. The standard InChI is InChI=1S/C65H73Cl2N9O23.ClH/c1-23(2)12-34(70-5)57(86)75-49-51(82)26-7-10-39(32(66)14-26)96-41-16-28-17-42(54(41)99-64-55(53(84)38(80)22-94-64)98-44-21-65(4,69)56(85)24(3)95-44)97-40-11-8-27(15-33(40)67)52(83)50-62(91)74-48(63(92)93)31-18-29(77)19-37(79)45(31)30-13-25(6-9-36(30)78)46(59(88)76-50)73-60(89)47(28)72-58(87)35(20-43(68)81)71-61(49)90;/h6-11,13-19,23-24,34-35,38,44,46-53,55-56,64,70,77-80,82-85H,12,20-22,69H2,1-5H3,(H2,68,81)(H,71,90)(H,72,87)(H,73,89)(H,74,91)(H,75,86)(H,76,88)(H,92,93);1H/t24?,34-,35+,38-,44+,46?,47-,48-,49?,50+,51-,52-,53?,55?,56-,64+,65?;/m1./s1. The maximum atomic E-state index is 16.0. The molecule has 2 saturated heterocycles. The van der Waals surface area contributed by atoms with E-state index in [9.17, 15) is 69.9 Å². The van der Waals surface area contributed by atoms with E-state index in [1.54, 1.807) is 0 Å². The molecule has 0 aliphatic carbocycles. The lowest BCUT2D eigenvalue weighted by Crippen LogP contribution is -2.63. The van der Waals surface area contributed by atoms with Crippen molar-refractivity contribution in [1.29, 1.82) is 0 Å². The highest BCUT2D eigenvalue weighted by Crippen LogP contribution is 2.50. The molecule has 11 bridgehead atoms. The Balaban J connectivity index is 0.0000117. The van der Waals surface area contributed by atoms with Crippen molar-refractivity contribution in [3.8, 4) is 57.1 Å². The number of carbonyl (C=O) groups excluding carboxylic acids is 7. The molecule has 5 aromatic carbocycles. The monoisotopic (exact) mass is 1450 g/mol. The Bertz CT molecular complexity index is 4020. The van der Waals surface area contributed by atoms with Gasteiger partial charge in [0.1, 0.15) is 83.4 Å². The third kappa shape index (κ3) is 16.0. The summed E-state index contributed by atoms with van der Waals surface area (Å²) in [5.74, 6) is -15.5. The summed E-state index contributed by atoms with van der Waals surface area (Å²) in [6, 6.07) is -0.255. The van der Waals surface area contributed by atoms with Crippen LogP contribution < -0.4 is 62.9 Å². The van der Waals surface area contributed by atoms with E-state index in [-0.39, 0.29) is 64.4 Å². The van der Waals surface area contributed by atoms with E-state index in [0.29, 0.717) is 0 Å². The Morgan fingerprint density at radius 2 is 1.33 bits per heavy atom. The number of amides is 7. The second-order valence-corrected chi connectivity index (χ2v) is 26.1. The first-order valence-corrected chi connectivity index (χ1v) is 31.8. The van der Waals surface area contributed by atoms with Crippen LogP contribution in [-0.4, -0.2) is 180 Å². The highest BCUT2D eigenvalue weighted by atomic mass is 35.5. The first kappa shape index (κ1) is 75.3. The molecule has 0 aromatic heterocycles. The van der Waals surface area contributed by atoms with Crippen molar-refractivity contribution in [1.82, 2.24) is 37.2 Å². The molecule has 7 aliphatic heterocycles. The number of hydrogen-bond acceptors (Lipinski definition) is 24. The Kier molecular flexibility index (Phi) is 23.0. The molecule has 538 valence electrons. The summed E-state index contributed by atoms with van der Waals surface area (Å²) in [5.41, 5.74) is 8.18. The highest BCUT2D eigenvalue weighted by Gasteiger charge is 2.49. The number of phenols is 3. The van der Waals surface area contributed by atoms with E-state index in [4.69, 9.17) is 63.1 Å². The summed E-state index contributed by atoms with van der Waals surface area (Å²) in [5, 5.41) is 119. The number of benzene rings is 5. The molecule has 0 radical (unpaired) electrons. The van der Waals surface area contributed by atoms with E-state index in [1.165, 1.54) is 33.0 Å². The van der Waals surface area contributed by atoms with Gasteiger partial charge in [0.15, 0.2) is 29.9 Å². The van der Waals surface area contributed by atoms with Gasteiger partial charge in [-0.05, 0) is 110 Å². The lowest BCUT2D eigenvalue weighted by atomic mass is 9.86. The van der Waals surface area contributed by atoms with E-state index in [2.05, 4.69) is 37.2 Å². The predicted octanol–water partition coefficient (Wildman–Crippen LogP) is 1.17. The van der Waals surface area contributed by atoms with Crippen molar-refractivity contribution >= 4 is 82.9 Å². The zero-order valence-corrected chi connectivity index (χ0v) is 56.0. The number of rotatable bonds is 12. The Morgan fingerprint density at radius 1 is 0.730 bits per heavy atom. The van der Waals surface area contributed by atoms with Crippen LogP contribution in [0.5, 0.6) is 46.0 Å². The van der Waals surface area contributed by atoms with Crippen molar-refractivity contribution in [2.24, 2.45) is 17.4 Å². The van der Waals surface area contributed by atoms with Crippen molar-refractivity contribution in [3.63, 3.8) is 0 Å². The fraction of sp³-hybridized carbons (Fsp3) is 0.415. The number of aromatic hydroxyl groups is 3. The fourth-order valence-electron chi connectivity index (χ4n) is 12.2. The van der Waals surface area contributed by atoms with Gasteiger partial charge in [0.2, 0.25) is 53.4 Å². The number of carboxylic acids is 1. The van der Waals surface area contributed by atoms with Crippen molar-refractivity contribution in [2.45, 2.75) is 150 Å². The van der Waals surface area contributed by atoms with Gasteiger partial charge < -0.3 is 123 Å². The largest absolute Gasteiger partial charge is 0.508 e. The lowest BCUT2D eigenvalue weighted by Gasteiger charge is -2.45. The Hall–Kier alpha value is -8.87. The molecule has 5 aromatic rings. The van der Waals surface area contributed by atoms with Crippen LogP contribution in [-0.2, 0) is 52.6 Å². The van der Waals surface area contributed by atoms with Crippen molar-refractivity contribution < 1.29 is 113 Å². The second-order valence-electron chi connectivity index (χ2n) is 25.3. The normalized spacial score (nSPS) is 28.7. The number of nitrogens with one attached hydrogen (secondary N) is 7. The molecular formula is C65H74Cl3N9O23. The fourth-order valence-corrected chi connectivity index (χ4v) is 12.7. The van der Waals surface area contributed by atoms with Crippen LogP contribution in [0.25, 0.3) is 11.1 Å². The van der Waals surface area contributed by atoms with Gasteiger partial charge in [0.05, 0.1) is 41.3 Å². The molecule has 32 nitrogen and oxygen atoms in total. The van der Waals surface area contributed by atoms with E-state index >= 15 is 14.4 Å². The Morgan fingerprint density at radius 3 is 1.92 bits per heavy atom. The molecule has 7 heterocycles. The summed E-state index contributed by atoms with van der Waals surface area (Å²) in [4.78, 5) is 117. The minimum Gasteiger partial charge on any atom is -0.508 e. The summed E-state index contributed by atoms with van der Waals surface area (Å²) >= 11 is 14.1. The molecule has 17 atom stereocenters. The average Bonchev–Trinajstić information content (AvgIpc) is 0.772. The molecule has 0 spiro atoms. The quantitative estimate of drug-likeness (QED) is 0.0833. The number of primary amides is 1. The van der Waals surface area contributed by atoms with Gasteiger partial charge in [-0.25, -0.2) is 4.79 Å². The minimum absolute atomic E-state index is 0. The van der Waals surface area contributed by atoms with Crippen molar-refractivity contribution in [2.75, 3.05) is 13.7 Å². The number of likely N-dealkylation sites (N-methyl/N-ethyl adjacent to an activating group) is 1. The van der Waals surface area contributed by atoms with E-state index in [0.717, 1.165) is 66.7 Å². The molecule has 7 amide bonds. The number of aliphatic hydroxyl groups excluding tert-OH is 5. The number of nitrogens with two attached hydrogens (primary N) is 2. The first-order valence-electron chi connectivity index (χ1n) is 31.0. The molecule has 2 fully saturated rings. The van der Waals surface area contributed by atoms with Gasteiger partial charge in [-0.3, -0.25) is 33.6 Å². The number of carboxylic acid groups (broad SMARTS) is 1. The number of hydrogen-bond donors (Lipinski definition) is 18. The van der Waals surface area contributed by atoms with Gasteiger partial charge >= 0.3 is 5.97 Å². The van der Waals surface area contributed by atoms with Crippen LogP contribution in [0.15, 0.2) is 78.9 Å². The third-order valence-corrected chi connectivity index (χ3v) is 18.0. The maximum Gasteiger partial charge on any atom is 0.330 e. The predicted molar refractivity (Wildman–Crippen MR) is 351 cm³/mol. The smallest absolute Gasteiger partial charge is 0.330 e. The number of halogens is 3. The van der Waals surface area contributed by atoms with Gasteiger partial charge in [-0.15, -0.1) is 12.4 Å². The second kappa shape index (κ2) is 30.5. The van der Waals surface area contributed by atoms with Gasteiger partial charge in [-0.1, -0.05) is 55.2 Å². The number of fused-ring (bicyclic) bond motifs is 15. The van der Waals surface area contributed by atoms with Crippen LogP contribution in [0.2, 0.25) is 10.0 Å². The molecule has 20 N–H and O–H groups in total. The molecule has 6 unspecified atom stereocenters. The number of aliphatic hydroxyl groups is 5. The molecule has 0 saturated carbocycles. The van der Waals surface area contributed by atoms with Crippen LogP contribution >= 0.6 is 35.6 Å². The SMILES string of the molecule is CN[C@H](CC(C)C)C(=O)NC1C(=O)N[C@@H](CC(N)=O)C(=O)N[C@H]2C(=O)NC3C(=O)N[C@H](C(=O)N[C@@H](C(=O)O)c4cc(O)cc(O)c4-c4cc3ccc4O)[C@H](O)c3ccc(c(Cl)c3)Oc3cc2cc(c3O[C@@H]2OC[C@@H](O)C(O)C2O[C@H]2CC(C)(N)[C@H](O)C(C)O2)Oc2ccc(cc2Cl)[C@H]1O.Cl. The topological polar surface area (TPSA) is 510 Å². The number of aliphatic carboxylic acids is 1. The molecule has 7 aliphatic rings. The van der Waals surface area contributed by atoms with Crippen molar-refractivity contribution in [3.05, 3.63) is 117 Å². The van der Waals surface area contributed by atoms with Crippen LogP contribution in [0, 0.1) is 5.92 Å². The number of phenolic OH excluding ortho intramolecular Hbond substituents is 3. The van der Waals surface area contributed by atoms with Crippen LogP contribution in [0.1, 0.15) is 105 Å². The highest BCUT2D eigenvalue weighted by molar-refractivity contribution is 6.32. The van der Waals surface area contributed by atoms with Crippen LogP contribution in [0.3, 0.4) is 0 Å². The summed E-state index contributed by atoms with van der Waals surface area (Å²) in [6.45, 7) is 6.06. The summed E-state index contributed by atoms with van der Waals surface area (Å²) in [6.07, 6.45) is -15.8. The molecule has 100 heavy (non-hydrogen) atoms. The average molecular weight is 1460 g/mol. The van der Waals surface area contributed by atoms with E-state index in [1.807, 2.05) is 13.8 Å². The summed E-state index contributed by atoms with van der Waals surface area (Å²) in [7, 11) is 1.48.